The van der Waals surface area contributed by atoms with Crippen LogP contribution in [-0.4, -0.2) is 38.4 Å². The number of aromatic amines is 1. The average molecular weight is 567 g/mol. The lowest BCUT2D eigenvalue weighted by Gasteiger charge is -2.13. The Hall–Kier alpha value is -2.79. The van der Waals surface area contributed by atoms with Gasteiger partial charge < -0.3 is 23.9 Å². The topological polar surface area (TPSA) is 86.9 Å². The van der Waals surface area contributed by atoms with Crippen LogP contribution >= 0.6 is 33.9 Å². The van der Waals surface area contributed by atoms with Crippen LogP contribution in [0.3, 0.4) is 0 Å². The molecule has 0 unspecified atom stereocenters. The largest absolute Gasteiger partial charge is 0.497 e. The van der Waals surface area contributed by atoms with Crippen LogP contribution in [0.4, 0.5) is 0 Å². The van der Waals surface area contributed by atoms with E-state index in [0.29, 0.717) is 16.0 Å². The molecular formula is C23H22INO6S. The zero-order valence-corrected chi connectivity index (χ0v) is 20.7. The summed E-state index contributed by atoms with van der Waals surface area (Å²) in [6, 6.07) is 11.2. The second kappa shape index (κ2) is 11.2. The minimum absolute atomic E-state index is 0.175. The number of hydrogen-bond donors (Lipinski definition) is 1. The highest BCUT2D eigenvalue weighted by Gasteiger charge is 2.13. The summed E-state index contributed by atoms with van der Waals surface area (Å²) in [6.07, 6.45) is 3.69. The number of thiazole rings is 1. The van der Waals surface area contributed by atoms with E-state index in [4.69, 9.17) is 18.9 Å². The Morgan fingerprint density at radius 3 is 2.50 bits per heavy atom. The summed E-state index contributed by atoms with van der Waals surface area (Å²) in [5, 5.41) is 0. The van der Waals surface area contributed by atoms with Crippen LogP contribution < -0.4 is 29.0 Å². The first-order valence-corrected chi connectivity index (χ1v) is 11.6. The van der Waals surface area contributed by atoms with Crippen LogP contribution in [0.15, 0.2) is 41.2 Å². The maximum absolute atomic E-state index is 12.5. The number of H-pyrrole nitrogens is 1. The molecule has 2 aromatic carbocycles. The zero-order chi connectivity index (χ0) is 23.1. The molecule has 1 N–H and O–H groups in total. The van der Waals surface area contributed by atoms with E-state index >= 15 is 0 Å². The first kappa shape index (κ1) is 23.9. The van der Waals surface area contributed by atoms with Crippen molar-refractivity contribution in [3.8, 4) is 17.2 Å². The van der Waals surface area contributed by atoms with Gasteiger partial charge in [-0.15, -0.1) is 11.3 Å². The molecule has 0 saturated carbocycles. The standard InChI is InChI=1S/C23H22INO6S/c1-4-30-21(26)13-31-22-17(24)9-15(10-18(22)29-3)11-19-23(27)25-20(32-19)12-14-5-7-16(28-2)8-6-14/h5-12H,4,13H2,1-3H3,(H,25,27)/b19-11+,20-12+. The van der Waals surface area contributed by atoms with Crippen LogP contribution in [-0.2, 0) is 9.53 Å². The first-order chi connectivity index (χ1) is 15.4. The van der Waals surface area contributed by atoms with E-state index in [9.17, 15) is 9.59 Å². The highest BCUT2D eigenvalue weighted by Crippen LogP contribution is 2.34. The monoisotopic (exact) mass is 567 g/mol. The molecular weight excluding hydrogens is 545 g/mol. The summed E-state index contributed by atoms with van der Waals surface area (Å²) >= 11 is 3.46. The third kappa shape index (κ3) is 6.13. The van der Waals surface area contributed by atoms with Gasteiger partial charge in [-0.05, 0) is 77.1 Å². The minimum Gasteiger partial charge on any atom is -0.497 e. The molecule has 3 rings (SSSR count). The van der Waals surface area contributed by atoms with Crippen LogP contribution in [0.2, 0.25) is 0 Å². The van der Waals surface area contributed by atoms with Gasteiger partial charge in [-0.2, -0.15) is 0 Å². The quantitative estimate of drug-likeness (QED) is 0.333. The molecule has 0 spiro atoms. The summed E-state index contributed by atoms with van der Waals surface area (Å²) < 4.78 is 23.1. The molecule has 0 aliphatic carbocycles. The van der Waals surface area contributed by atoms with E-state index in [1.54, 1.807) is 26.2 Å². The first-order valence-electron chi connectivity index (χ1n) is 9.66. The Labute approximate surface area is 202 Å². The van der Waals surface area contributed by atoms with E-state index in [1.165, 1.54) is 18.4 Å². The van der Waals surface area contributed by atoms with Gasteiger partial charge in [0.25, 0.3) is 5.56 Å². The molecule has 0 atom stereocenters. The lowest BCUT2D eigenvalue weighted by Crippen LogP contribution is -2.19. The number of benzene rings is 2. The van der Waals surface area contributed by atoms with Gasteiger partial charge in [0.1, 0.15) is 5.75 Å². The summed E-state index contributed by atoms with van der Waals surface area (Å²) in [7, 11) is 3.14. The summed E-state index contributed by atoms with van der Waals surface area (Å²) in [5.41, 5.74) is 1.55. The SMILES string of the molecule is CCOC(=O)COc1c(I)cc(/C=c2/s/c(=C/c3ccc(OC)cc3)[nH]c2=O)cc1OC. The Morgan fingerprint density at radius 1 is 1.09 bits per heavy atom. The van der Waals surface area contributed by atoms with Crippen molar-refractivity contribution in [2.24, 2.45) is 0 Å². The van der Waals surface area contributed by atoms with Crippen molar-refractivity contribution < 1.29 is 23.7 Å². The van der Waals surface area contributed by atoms with Crippen molar-refractivity contribution >= 4 is 52.0 Å². The van der Waals surface area contributed by atoms with E-state index in [2.05, 4.69) is 27.6 Å². The predicted octanol–water partition coefficient (Wildman–Crippen LogP) is 2.66. The molecule has 0 saturated heterocycles. The summed E-state index contributed by atoms with van der Waals surface area (Å²) in [4.78, 5) is 26.9. The van der Waals surface area contributed by atoms with Crippen LogP contribution in [0, 0.1) is 3.57 Å². The molecule has 32 heavy (non-hydrogen) atoms. The van der Waals surface area contributed by atoms with Gasteiger partial charge in [-0.1, -0.05) is 12.1 Å². The van der Waals surface area contributed by atoms with E-state index in [0.717, 1.165) is 25.1 Å². The lowest BCUT2D eigenvalue weighted by atomic mass is 10.2. The van der Waals surface area contributed by atoms with Crippen molar-refractivity contribution in [1.82, 2.24) is 4.98 Å². The van der Waals surface area contributed by atoms with Gasteiger partial charge >= 0.3 is 5.97 Å². The van der Waals surface area contributed by atoms with Gasteiger partial charge in [-0.3, -0.25) is 4.79 Å². The second-order valence-electron chi connectivity index (χ2n) is 6.47. The Kier molecular flexibility index (Phi) is 8.34. The van der Waals surface area contributed by atoms with Gasteiger partial charge in [0.2, 0.25) is 0 Å². The molecule has 9 heteroatoms. The number of halogens is 1. The second-order valence-corrected chi connectivity index (χ2v) is 8.72. The number of esters is 1. The normalized spacial score (nSPS) is 12.0. The van der Waals surface area contributed by atoms with Crippen molar-refractivity contribution in [1.29, 1.82) is 0 Å². The fraction of sp³-hybridized carbons (Fsp3) is 0.217. The van der Waals surface area contributed by atoms with Gasteiger partial charge in [0.15, 0.2) is 18.1 Å². The van der Waals surface area contributed by atoms with Crippen molar-refractivity contribution in [3.05, 3.63) is 70.6 Å². The third-order valence-electron chi connectivity index (χ3n) is 4.28. The number of methoxy groups -OCH3 is 2. The number of nitrogens with one attached hydrogen (secondary N) is 1. The minimum atomic E-state index is -0.452. The number of ether oxygens (including phenoxy) is 4. The Bertz CT molecular complexity index is 1260. The van der Waals surface area contributed by atoms with Gasteiger partial charge in [0, 0.05) is 0 Å². The molecule has 1 heterocycles. The third-order valence-corrected chi connectivity index (χ3v) is 6.05. The molecule has 0 fully saturated rings. The Morgan fingerprint density at radius 2 is 1.84 bits per heavy atom. The molecule has 0 radical (unpaired) electrons. The highest BCUT2D eigenvalue weighted by molar-refractivity contribution is 14.1. The smallest absolute Gasteiger partial charge is 0.344 e. The maximum atomic E-state index is 12.5. The molecule has 168 valence electrons. The van der Waals surface area contributed by atoms with E-state index < -0.39 is 5.97 Å². The maximum Gasteiger partial charge on any atom is 0.344 e. The molecule has 0 aliphatic rings. The van der Waals surface area contributed by atoms with Crippen molar-refractivity contribution in [2.75, 3.05) is 27.4 Å². The molecule has 0 aliphatic heterocycles. The zero-order valence-electron chi connectivity index (χ0n) is 17.8. The highest BCUT2D eigenvalue weighted by atomic mass is 127. The predicted molar refractivity (Wildman–Crippen MR) is 132 cm³/mol. The van der Waals surface area contributed by atoms with Crippen LogP contribution in [0.1, 0.15) is 18.1 Å². The van der Waals surface area contributed by atoms with Crippen LogP contribution in [0.5, 0.6) is 17.2 Å². The molecule has 1 aromatic heterocycles. The number of hydrogen-bond acceptors (Lipinski definition) is 7. The number of rotatable bonds is 8. The molecule has 3 aromatic rings. The van der Waals surface area contributed by atoms with Gasteiger partial charge in [0.05, 0.1) is 33.6 Å². The molecule has 7 nitrogen and oxygen atoms in total. The number of carbonyl (C=O) groups excluding carboxylic acids is 1. The van der Waals surface area contributed by atoms with Crippen LogP contribution in [0.25, 0.3) is 12.2 Å². The number of carbonyl (C=O) groups is 1. The Balaban J connectivity index is 1.91. The van der Waals surface area contributed by atoms with Crippen molar-refractivity contribution in [3.63, 3.8) is 0 Å². The average Bonchev–Trinajstić information content (AvgIpc) is 3.11. The fourth-order valence-electron chi connectivity index (χ4n) is 2.82. The van der Waals surface area contributed by atoms with Gasteiger partial charge in [-0.25, -0.2) is 4.79 Å². The molecule has 0 amide bonds. The molecule has 0 bridgehead atoms. The van der Waals surface area contributed by atoms with E-state index in [1.807, 2.05) is 36.4 Å². The summed E-state index contributed by atoms with van der Waals surface area (Å²) in [6.45, 7) is 1.81. The fourth-order valence-corrected chi connectivity index (χ4v) is 4.52. The summed E-state index contributed by atoms with van der Waals surface area (Å²) in [5.74, 6) is 1.23. The van der Waals surface area contributed by atoms with Crippen molar-refractivity contribution in [2.45, 2.75) is 6.92 Å². The lowest BCUT2D eigenvalue weighted by molar-refractivity contribution is -0.145. The number of aromatic nitrogens is 1. The van der Waals surface area contributed by atoms with E-state index in [-0.39, 0.29) is 18.8 Å².